The molecule has 1 unspecified atom stereocenters. The van der Waals surface area contributed by atoms with E-state index in [0.29, 0.717) is 33.0 Å². The standard InChI is InChI=1S/C10H23NO4/c1-11-10(9-12)3-4-14-7-8-15-6-5-13-2/h10-12H,3-9H2,1-2H3. The predicted molar refractivity (Wildman–Crippen MR) is 58.1 cm³/mol. The molecule has 0 rings (SSSR count). The van der Waals surface area contributed by atoms with Gasteiger partial charge in [-0.15, -0.1) is 0 Å². The van der Waals surface area contributed by atoms with E-state index in [1.165, 1.54) is 0 Å². The van der Waals surface area contributed by atoms with E-state index in [-0.39, 0.29) is 12.6 Å². The van der Waals surface area contributed by atoms with E-state index in [0.717, 1.165) is 6.42 Å². The lowest BCUT2D eigenvalue weighted by Gasteiger charge is -2.12. The van der Waals surface area contributed by atoms with Gasteiger partial charge in [0.15, 0.2) is 0 Å². The number of rotatable bonds is 11. The van der Waals surface area contributed by atoms with E-state index in [2.05, 4.69) is 5.32 Å². The topological polar surface area (TPSA) is 60.0 Å². The number of aliphatic hydroxyl groups excluding tert-OH is 1. The van der Waals surface area contributed by atoms with Gasteiger partial charge >= 0.3 is 0 Å². The molecule has 0 saturated carbocycles. The molecule has 5 nitrogen and oxygen atoms in total. The van der Waals surface area contributed by atoms with Crippen LogP contribution in [0, 0.1) is 0 Å². The molecule has 0 aliphatic heterocycles. The number of aliphatic hydroxyl groups is 1. The van der Waals surface area contributed by atoms with Crippen molar-refractivity contribution in [3.05, 3.63) is 0 Å². The SMILES string of the molecule is CNC(CO)CCOCCOCCOC. The molecule has 0 heterocycles. The molecular weight excluding hydrogens is 198 g/mol. The minimum atomic E-state index is 0.124. The summed E-state index contributed by atoms with van der Waals surface area (Å²) in [6.45, 7) is 3.18. The fourth-order valence-corrected chi connectivity index (χ4v) is 1.02. The molecule has 1 atom stereocenters. The van der Waals surface area contributed by atoms with Gasteiger partial charge in [-0.2, -0.15) is 0 Å². The lowest BCUT2D eigenvalue weighted by Crippen LogP contribution is -2.30. The molecule has 0 saturated heterocycles. The molecule has 0 aliphatic carbocycles. The number of hydrogen-bond donors (Lipinski definition) is 2. The van der Waals surface area contributed by atoms with Crippen LogP contribution < -0.4 is 5.32 Å². The van der Waals surface area contributed by atoms with Crippen LogP contribution in [0.5, 0.6) is 0 Å². The van der Waals surface area contributed by atoms with Crippen molar-refractivity contribution < 1.29 is 19.3 Å². The van der Waals surface area contributed by atoms with Crippen molar-refractivity contribution in [1.82, 2.24) is 5.32 Å². The van der Waals surface area contributed by atoms with Gasteiger partial charge in [-0.1, -0.05) is 0 Å². The molecule has 0 radical (unpaired) electrons. The van der Waals surface area contributed by atoms with Crippen molar-refractivity contribution in [3.63, 3.8) is 0 Å². The van der Waals surface area contributed by atoms with Gasteiger partial charge in [0.1, 0.15) is 0 Å². The summed E-state index contributed by atoms with van der Waals surface area (Å²) in [5, 5.41) is 11.9. The van der Waals surface area contributed by atoms with Crippen LogP contribution in [-0.2, 0) is 14.2 Å². The Balaban J connectivity index is 3.04. The Morgan fingerprint density at radius 1 is 1.07 bits per heavy atom. The van der Waals surface area contributed by atoms with E-state index >= 15 is 0 Å². The molecule has 0 bridgehead atoms. The van der Waals surface area contributed by atoms with Crippen molar-refractivity contribution in [2.45, 2.75) is 12.5 Å². The Morgan fingerprint density at radius 2 is 1.67 bits per heavy atom. The highest BCUT2D eigenvalue weighted by Gasteiger charge is 2.02. The lowest BCUT2D eigenvalue weighted by atomic mass is 10.2. The Labute approximate surface area is 91.7 Å². The van der Waals surface area contributed by atoms with Crippen molar-refractivity contribution >= 4 is 0 Å². The maximum absolute atomic E-state index is 8.87. The fourth-order valence-electron chi connectivity index (χ4n) is 1.02. The minimum absolute atomic E-state index is 0.124. The first kappa shape index (κ1) is 14.8. The maximum atomic E-state index is 8.87. The smallest absolute Gasteiger partial charge is 0.0701 e. The van der Waals surface area contributed by atoms with Crippen LogP contribution in [0.3, 0.4) is 0 Å². The third kappa shape index (κ3) is 10.1. The first-order valence-corrected chi connectivity index (χ1v) is 5.27. The van der Waals surface area contributed by atoms with Crippen LogP contribution >= 0.6 is 0 Å². The van der Waals surface area contributed by atoms with Crippen LogP contribution in [0.1, 0.15) is 6.42 Å². The van der Waals surface area contributed by atoms with E-state index < -0.39 is 0 Å². The van der Waals surface area contributed by atoms with Gasteiger partial charge in [0.25, 0.3) is 0 Å². The number of ether oxygens (including phenoxy) is 3. The molecule has 0 aromatic carbocycles. The van der Waals surface area contributed by atoms with Crippen molar-refractivity contribution in [2.75, 3.05) is 53.8 Å². The summed E-state index contributed by atoms with van der Waals surface area (Å²) < 4.78 is 15.4. The van der Waals surface area contributed by atoms with Crippen molar-refractivity contribution in [1.29, 1.82) is 0 Å². The van der Waals surface area contributed by atoms with Gasteiger partial charge in [0.2, 0.25) is 0 Å². The molecule has 0 aromatic heterocycles. The molecule has 5 heteroatoms. The molecule has 0 aliphatic rings. The second-order valence-electron chi connectivity index (χ2n) is 3.17. The second-order valence-corrected chi connectivity index (χ2v) is 3.17. The Kier molecular flexibility index (Phi) is 11.7. The van der Waals surface area contributed by atoms with Gasteiger partial charge in [0, 0.05) is 19.8 Å². The highest BCUT2D eigenvalue weighted by molar-refractivity contribution is 4.60. The van der Waals surface area contributed by atoms with Gasteiger partial charge in [0.05, 0.1) is 33.0 Å². The molecule has 15 heavy (non-hydrogen) atoms. The number of nitrogens with one attached hydrogen (secondary N) is 1. The summed E-state index contributed by atoms with van der Waals surface area (Å²) in [5.74, 6) is 0. The normalized spacial score (nSPS) is 13.0. The Bertz CT molecular complexity index is 120. The predicted octanol–water partition coefficient (Wildman–Crippen LogP) is -0.364. The molecule has 0 aromatic rings. The summed E-state index contributed by atoms with van der Waals surface area (Å²) >= 11 is 0. The van der Waals surface area contributed by atoms with Crippen LogP contribution in [0.4, 0.5) is 0 Å². The molecule has 92 valence electrons. The average Bonchev–Trinajstić information content (AvgIpc) is 2.27. The fraction of sp³-hybridized carbons (Fsp3) is 1.00. The van der Waals surface area contributed by atoms with Gasteiger partial charge in [-0.05, 0) is 13.5 Å². The molecule has 0 spiro atoms. The third-order valence-electron chi connectivity index (χ3n) is 2.04. The Morgan fingerprint density at radius 3 is 2.20 bits per heavy atom. The monoisotopic (exact) mass is 221 g/mol. The zero-order valence-electron chi connectivity index (χ0n) is 9.70. The molecular formula is C10H23NO4. The quantitative estimate of drug-likeness (QED) is 0.466. The van der Waals surface area contributed by atoms with Crippen LogP contribution in [0.25, 0.3) is 0 Å². The van der Waals surface area contributed by atoms with E-state index in [1.54, 1.807) is 7.11 Å². The molecule has 0 amide bonds. The van der Waals surface area contributed by atoms with Crippen molar-refractivity contribution in [3.8, 4) is 0 Å². The van der Waals surface area contributed by atoms with Crippen LogP contribution in [-0.4, -0.2) is 64.9 Å². The van der Waals surface area contributed by atoms with Gasteiger partial charge in [-0.3, -0.25) is 0 Å². The first-order valence-electron chi connectivity index (χ1n) is 5.27. The van der Waals surface area contributed by atoms with Crippen molar-refractivity contribution in [2.24, 2.45) is 0 Å². The Hall–Kier alpha value is -0.200. The van der Waals surface area contributed by atoms with Gasteiger partial charge in [-0.25, -0.2) is 0 Å². The highest BCUT2D eigenvalue weighted by atomic mass is 16.5. The summed E-state index contributed by atoms with van der Waals surface area (Å²) in [5.41, 5.74) is 0. The molecule has 0 fully saturated rings. The second kappa shape index (κ2) is 11.9. The van der Waals surface area contributed by atoms with Crippen LogP contribution in [0.15, 0.2) is 0 Å². The average molecular weight is 221 g/mol. The van der Waals surface area contributed by atoms with E-state index in [9.17, 15) is 0 Å². The summed E-state index contributed by atoms with van der Waals surface area (Å²) in [6.07, 6.45) is 0.811. The minimum Gasteiger partial charge on any atom is -0.395 e. The number of likely N-dealkylation sites (N-methyl/N-ethyl adjacent to an activating group) is 1. The summed E-state index contributed by atoms with van der Waals surface area (Å²) in [6, 6.07) is 0.124. The van der Waals surface area contributed by atoms with Crippen LogP contribution in [0.2, 0.25) is 0 Å². The lowest BCUT2D eigenvalue weighted by molar-refractivity contribution is 0.0218. The third-order valence-corrected chi connectivity index (χ3v) is 2.04. The first-order chi connectivity index (χ1) is 7.35. The van der Waals surface area contributed by atoms with E-state index in [1.807, 2.05) is 7.05 Å². The highest BCUT2D eigenvalue weighted by Crippen LogP contribution is 1.91. The zero-order valence-corrected chi connectivity index (χ0v) is 9.70. The van der Waals surface area contributed by atoms with E-state index in [4.69, 9.17) is 19.3 Å². The zero-order chi connectivity index (χ0) is 11.4. The summed E-state index contributed by atoms with van der Waals surface area (Å²) in [7, 11) is 3.47. The molecule has 2 N–H and O–H groups in total. The van der Waals surface area contributed by atoms with Gasteiger partial charge < -0.3 is 24.6 Å². The number of hydrogen-bond acceptors (Lipinski definition) is 5. The summed E-state index contributed by atoms with van der Waals surface area (Å²) in [4.78, 5) is 0. The largest absolute Gasteiger partial charge is 0.395 e. The maximum Gasteiger partial charge on any atom is 0.0701 e. The number of methoxy groups -OCH3 is 1.